The third kappa shape index (κ3) is 2.33. The summed E-state index contributed by atoms with van der Waals surface area (Å²) >= 11 is 0. The number of benzene rings is 1. The topological polar surface area (TPSA) is 16.8 Å². The first kappa shape index (κ1) is 17.6. The Morgan fingerprint density at radius 2 is 1.75 bits per heavy atom. The van der Waals surface area contributed by atoms with Crippen LogP contribution < -0.4 is 4.57 Å². The Balaban J connectivity index is 1.87. The van der Waals surface area contributed by atoms with E-state index < -0.39 is 0 Å². The van der Waals surface area contributed by atoms with Gasteiger partial charge in [0.1, 0.15) is 7.05 Å². The molecule has 142 valence electrons. The molecule has 0 unspecified atom stereocenters. The summed E-state index contributed by atoms with van der Waals surface area (Å²) in [6.07, 6.45) is 8.31. The lowest BCUT2D eigenvalue weighted by atomic mass is 9.75. The van der Waals surface area contributed by atoms with Gasteiger partial charge in [0, 0.05) is 28.8 Å². The summed E-state index contributed by atoms with van der Waals surface area (Å²) in [5.74, 6) is 0. The molecule has 0 saturated heterocycles. The van der Waals surface area contributed by atoms with Crippen molar-refractivity contribution in [3.05, 3.63) is 70.7 Å². The van der Waals surface area contributed by atoms with E-state index in [9.17, 15) is 0 Å². The molecule has 1 aromatic carbocycles. The Kier molecular flexibility index (Phi) is 3.94. The lowest BCUT2D eigenvalue weighted by Gasteiger charge is -2.28. The van der Waals surface area contributed by atoms with Crippen molar-refractivity contribution in [1.82, 2.24) is 4.98 Å². The van der Waals surface area contributed by atoms with Crippen molar-refractivity contribution in [3.63, 3.8) is 0 Å². The highest BCUT2D eigenvalue weighted by Crippen LogP contribution is 2.58. The summed E-state index contributed by atoms with van der Waals surface area (Å²) in [5, 5.41) is 0. The largest absolute Gasteiger partial charge is 0.257 e. The molecule has 2 aliphatic carbocycles. The smallest absolute Gasteiger partial charge is 0.213 e. The van der Waals surface area contributed by atoms with E-state index in [4.69, 9.17) is 4.98 Å². The van der Waals surface area contributed by atoms with Gasteiger partial charge in [-0.2, -0.15) is 0 Å². The SMILES string of the molecule is CCc1cc[n+](C)c(-c2c(C)ccc3c2C2(CCCC2)c2nc(C)ccc2-3)c1. The van der Waals surface area contributed by atoms with Crippen LogP contribution in [0.15, 0.2) is 42.6 Å². The van der Waals surface area contributed by atoms with Gasteiger partial charge in [0.25, 0.3) is 0 Å². The lowest BCUT2D eigenvalue weighted by Crippen LogP contribution is -2.32. The minimum absolute atomic E-state index is 0.0905. The fraction of sp³-hybridized carbons (Fsp3) is 0.385. The molecule has 2 heteroatoms. The maximum atomic E-state index is 5.12. The Morgan fingerprint density at radius 3 is 2.50 bits per heavy atom. The molecule has 1 saturated carbocycles. The first-order valence-corrected chi connectivity index (χ1v) is 10.7. The van der Waals surface area contributed by atoms with Crippen LogP contribution in [0.3, 0.4) is 0 Å². The van der Waals surface area contributed by atoms with Crippen LogP contribution in [-0.2, 0) is 18.9 Å². The highest BCUT2D eigenvalue weighted by molar-refractivity contribution is 5.88. The predicted molar refractivity (Wildman–Crippen MR) is 114 cm³/mol. The van der Waals surface area contributed by atoms with Gasteiger partial charge in [-0.05, 0) is 61.4 Å². The second-order valence-corrected chi connectivity index (χ2v) is 8.70. The molecule has 1 spiro atoms. The number of pyridine rings is 2. The molecular formula is C26H29N2+. The molecule has 2 heterocycles. The summed E-state index contributed by atoms with van der Waals surface area (Å²) in [6, 6.07) is 13.8. The highest BCUT2D eigenvalue weighted by Gasteiger charge is 2.49. The van der Waals surface area contributed by atoms with Gasteiger partial charge in [0.2, 0.25) is 5.69 Å². The molecule has 0 amide bonds. The number of hydrogen-bond donors (Lipinski definition) is 0. The molecule has 1 fully saturated rings. The van der Waals surface area contributed by atoms with E-state index >= 15 is 0 Å². The number of hydrogen-bond acceptors (Lipinski definition) is 1. The van der Waals surface area contributed by atoms with Crippen molar-refractivity contribution in [2.24, 2.45) is 7.05 Å². The molecule has 0 bridgehead atoms. The first-order chi connectivity index (χ1) is 13.5. The van der Waals surface area contributed by atoms with Crippen molar-refractivity contribution in [2.45, 2.75) is 58.3 Å². The Hall–Kier alpha value is -2.48. The molecule has 2 aliphatic rings. The number of aryl methyl sites for hydroxylation is 4. The molecule has 0 N–H and O–H groups in total. The summed E-state index contributed by atoms with van der Waals surface area (Å²) in [4.78, 5) is 5.12. The Bertz CT molecular complexity index is 1090. The Labute approximate surface area is 168 Å². The van der Waals surface area contributed by atoms with E-state index in [0.29, 0.717) is 0 Å². The standard InChI is InChI=1S/C26H29N2/c1-5-19-12-15-28(4)22(16-19)23-17(2)8-10-20-21-11-9-18(3)27-25(21)26(24(20)23)13-6-7-14-26/h8-12,15-16H,5-7,13-14H2,1-4H3/q+1. The average Bonchev–Trinajstić information content (AvgIpc) is 3.28. The van der Waals surface area contributed by atoms with Gasteiger partial charge in [0.15, 0.2) is 6.20 Å². The van der Waals surface area contributed by atoms with Crippen LogP contribution in [0.2, 0.25) is 0 Å². The normalized spacial score (nSPS) is 16.4. The fourth-order valence-corrected chi connectivity index (χ4v) is 5.56. The van der Waals surface area contributed by atoms with Crippen LogP contribution >= 0.6 is 0 Å². The minimum atomic E-state index is 0.0905. The number of rotatable bonds is 2. The lowest BCUT2D eigenvalue weighted by molar-refractivity contribution is -0.660. The van der Waals surface area contributed by atoms with Gasteiger partial charge in [0.05, 0.1) is 11.3 Å². The quantitative estimate of drug-likeness (QED) is 0.538. The van der Waals surface area contributed by atoms with Crippen LogP contribution in [0.5, 0.6) is 0 Å². The number of aromatic nitrogens is 2. The van der Waals surface area contributed by atoms with E-state index in [2.05, 4.69) is 75.0 Å². The number of nitrogens with zero attached hydrogens (tertiary/aromatic N) is 2. The van der Waals surface area contributed by atoms with Gasteiger partial charge < -0.3 is 0 Å². The molecular weight excluding hydrogens is 340 g/mol. The molecule has 0 atom stereocenters. The fourth-order valence-electron chi connectivity index (χ4n) is 5.56. The molecule has 0 aliphatic heterocycles. The minimum Gasteiger partial charge on any atom is -0.257 e. The second-order valence-electron chi connectivity index (χ2n) is 8.70. The summed E-state index contributed by atoms with van der Waals surface area (Å²) in [7, 11) is 2.18. The Morgan fingerprint density at radius 1 is 1.00 bits per heavy atom. The van der Waals surface area contributed by atoms with Crippen LogP contribution in [0.4, 0.5) is 0 Å². The van der Waals surface area contributed by atoms with Gasteiger partial charge in [-0.1, -0.05) is 38.0 Å². The summed E-state index contributed by atoms with van der Waals surface area (Å²) in [5.41, 5.74) is 12.4. The third-order valence-electron chi connectivity index (χ3n) is 7.01. The van der Waals surface area contributed by atoms with Crippen LogP contribution in [0.25, 0.3) is 22.4 Å². The zero-order valence-corrected chi connectivity index (χ0v) is 17.5. The molecule has 0 radical (unpaired) electrons. The molecule has 28 heavy (non-hydrogen) atoms. The predicted octanol–water partition coefficient (Wildman–Crippen LogP) is 5.59. The van der Waals surface area contributed by atoms with Gasteiger partial charge in [-0.25, -0.2) is 4.57 Å². The molecule has 5 rings (SSSR count). The zero-order chi connectivity index (χ0) is 19.5. The van der Waals surface area contributed by atoms with Gasteiger partial charge >= 0.3 is 0 Å². The summed E-state index contributed by atoms with van der Waals surface area (Å²) in [6.45, 7) is 6.64. The van der Waals surface area contributed by atoms with E-state index in [1.807, 2.05) is 0 Å². The summed E-state index contributed by atoms with van der Waals surface area (Å²) < 4.78 is 2.30. The van der Waals surface area contributed by atoms with E-state index in [1.165, 1.54) is 64.9 Å². The van der Waals surface area contributed by atoms with E-state index in [1.54, 1.807) is 5.56 Å². The molecule has 3 aromatic rings. The molecule has 2 aromatic heterocycles. The highest BCUT2D eigenvalue weighted by atomic mass is 14.9. The first-order valence-electron chi connectivity index (χ1n) is 10.7. The van der Waals surface area contributed by atoms with Crippen molar-refractivity contribution in [3.8, 4) is 22.4 Å². The van der Waals surface area contributed by atoms with Crippen molar-refractivity contribution < 1.29 is 4.57 Å². The van der Waals surface area contributed by atoms with Gasteiger partial charge in [-0.15, -0.1) is 0 Å². The van der Waals surface area contributed by atoms with Crippen LogP contribution in [-0.4, -0.2) is 4.98 Å². The van der Waals surface area contributed by atoms with Crippen molar-refractivity contribution >= 4 is 0 Å². The second kappa shape index (κ2) is 6.27. The van der Waals surface area contributed by atoms with Crippen LogP contribution in [0, 0.1) is 13.8 Å². The maximum Gasteiger partial charge on any atom is 0.213 e. The van der Waals surface area contributed by atoms with E-state index in [0.717, 1.165) is 12.1 Å². The monoisotopic (exact) mass is 369 g/mol. The molecule has 2 nitrogen and oxygen atoms in total. The average molecular weight is 370 g/mol. The maximum absolute atomic E-state index is 5.12. The van der Waals surface area contributed by atoms with Crippen molar-refractivity contribution in [2.75, 3.05) is 0 Å². The van der Waals surface area contributed by atoms with Crippen LogP contribution in [0.1, 0.15) is 60.7 Å². The zero-order valence-electron chi connectivity index (χ0n) is 17.5. The number of fused-ring (bicyclic) bond motifs is 5. The van der Waals surface area contributed by atoms with Crippen molar-refractivity contribution in [1.29, 1.82) is 0 Å². The van der Waals surface area contributed by atoms with Gasteiger partial charge in [-0.3, -0.25) is 4.98 Å². The third-order valence-corrected chi connectivity index (χ3v) is 7.01. The van der Waals surface area contributed by atoms with E-state index in [-0.39, 0.29) is 5.41 Å².